The molecule has 0 unspecified atom stereocenters. The summed E-state index contributed by atoms with van der Waals surface area (Å²) in [7, 11) is 0. The number of hydrogen-bond donors (Lipinski definition) is 2. The Balaban J connectivity index is 1.47. The second-order valence-corrected chi connectivity index (χ2v) is 10.6. The molecule has 176 valence electrons. The molecule has 0 amide bonds. The molecule has 0 spiro atoms. The number of rotatable bonds is 7. The first kappa shape index (κ1) is 22.8. The van der Waals surface area contributed by atoms with Crippen LogP contribution in [0.25, 0.3) is 33.1 Å². The van der Waals surface area contributed by atoms with Crippen molar-refractivity contribution in [2.45, 2.75) is 64.7 Å². The third-order valence-electron chi connectivity index (χ3n) is 7.20. The van der Waals surface area contributed by atoms with Crippen molar-refractivity contribution < 1.29 is 0 Å². The van der Waals surface area contributed by atoms with E-state index in [1.165, 1.54) is 55.3 Å². The highest BCUT2D eigenvalue weighted by atomic mass is 32.1. The van der Waals surface area contributed by atoms with Gasteiger partial charge in [0.25, 0.3) is 5.56 Å². The summed E-state index contributed by atoms with van der Waals surface area (Å²) >= 11 is 1.72. The molecule has 34 heavy (non-hydrogen) atoms. The Labute approximate surface area is 204 Å². The average molecular weight is 473 g/mol. The van der Waals surface area contributed by atoms with Crippen LogP contribution in [0.1, 0.15) is 68.7 Å². The van der Waals surface area contributed by atoms with Crippen molar-refractivity contribution in [1.29, 1.82) is 0 Å². The minimum Gasteiger partial charge on any atom is -0.321 e. The van der Waals surface area contributed by atoms with E-state index in [0.29, 0.717) is 17.3 Å². The SMILES string of the molecule is CCCC1CCC(c2ccc(-c3cc(-c4ccc(CC)s4)c(-c4ncn[nH]4)c(=O)[nH]3)cc2)CC1. The van der Waals surface area contributed by atoms with Crippen LogP contribution in [0.15, 0.2) is 53.6 Å². The highest BCUT2D eigenvalue weighted by Crippen LogP contribution is 2.39. The van der Waals surface area contributed by atoms with Crippen LogP contribution in [0.5, 0.6) is 0 Å². The van der Waals surface area contributed by atoms with Crippen LogP contribution in [0.4, 0.5) is 0 Å². The topological polar surface area (TPSA) is 74.4 Å². The molecule has 1 aromatic carbocycles. The van der Waals surface area contributed by atoms with Crippen LogP contribution in [0.3, 0.4) is 0 Å². The Morgan fingerprint density at radius 2 is 1.82 bits per heavy atom. The molecule has 0 radical (unpaired) electrons. The summed E-state index contributed by atoms with van der Waals surface area (Å²) in [5, 5.41) is 6.82. The Hall–Kier alpha value is -2.99. The number of thiophene rings is 1. The van der Waals surface area contributed by atoms with Gasteiger partial charge in [0.2, 0.25) is 0 Å². The molecular formula is C28H32N4OS. The first-order valence-electron chi connectivity index (χ1n) is 12.5. The predicted molar refractivity (Wildman–Crippen MR) is 140 cm³/mol. The fraction of sp³-hybridized carbons (Fsp3) is 0.393. The summed E-state index contributed by atoms with van der Waals surface area (Å²) in [6.45, 7) is 4.44. The summed E-state index contributed by atoms with van der Waals surface area (Å²) in [5.74, 6) is 2.06. The second-order valence-electron chi connectivity index (χ2n) is 9.38. The van der Waals surface area contributed by atoms with E-state index in [0.717, 1.165) is 34.0 Å². The summed E-state index contributed by atoms with van der Waals surface area (Å²) < 4.78 is 0. The van der Waals surface area contributed by atoms with E-state index < -0.39 is 0 Å². The molecule has 1 fully saturated rings. The van der Waals surface area contributed by atoms with E-state index in [4.69, 9.17) is 0 Å². The molecule has 2 N–H and O–H groups in total. The quantitative estimate of drug-likeness (QED) is 0.299. The molecule has 1 aliphatic rings. The zero-order chi connectivity index (χ0) is 23.5. The van der Waals surface area contributed by atoms with E-state index in [1.54, 1.807) is 11.3 Å². The van der Waals surface area contributed by atoms with Gasteiger partial charge in [-0.15, -0.1) is 11.3 Å². The van der Waals surface area contributed by atoms with Crippen molar-refractivity contribution in [1.82, 2.24) is 20.2 Å². The zero-order valence-electron chi connectivity index (χ0n) is 19.9. The maximum absolute atomic E-state index is 13.2. The normalized spacial score (nSPS) is 18.3. The summed E-state index contributed by atoms with van der Waals surface area (Å²) in [6, 6.07) is 15.1. The molecule has 0 saturated heterocycles. The maximum atomic E-state index is 13.2. The highest BCUT2D eigenvalue weighted by Gasteiger charge is 2.22. The van der Waals surface area contributed by atoms with Gasteiger partial charge in [-0.1, -0.05) is 51.0 Å². The molecule has 5 rings (SSSR count). The average Bonchev–Trinajstić information content (AvgIpc) is 3.57. The molecule has 3 aromatic heterocycles. The number of aryl methyl sites for hydroxylation is 1. The lowest BCUT2D eigenvalue weighted by Crippen LogP contribution is -2.13. The maximum Gasteiger partial charge on any atom is 0.260 e. The second kappa shape index (κ2) is 10.1. The van der Waals surface area contributed by atoms with E-state index in [1.807, 2.05) is 0 Å². The van der Waals surface area contributed by atoms with Crippen LogP contribution in [0.2, 0.25) is 0 Å². The van der Waals surface area contributed by atoms with Gasteiger partial charge in [-0.3, -0.25) is 9.89 Å². The molecule has 0 atom stereocenters. The van der Waals surface area contributed by atoms with E-state index in [9.17, 15) is 4.79 Å². The first-order chi connectivity index (χ1) is 16.7. The number of pyridine rings is 1. The van der Waals surface area contributed by atoms with Crippen LogP contribution in [-0.2, 0) is 6.42 Å². The number of benzene rings is 1. The largest absolute Gasteiger partial charge is 0.321 e. The minimum absolute atomic E-state index is 0.158. The molecule has 0 bridgehead atoms. The molecular weight excluding hydrogens is 440 g/mol. The predicted octanol–water partition coefficient (Wildman–Crippen LogP) is 7.19. The van der Waals surface area contributed by atoms with Crippen molar-refractivity contribution in [3.63, 3.8) is 0 Å². The number of aromatic nitrogens is 4. The molecule has 1 saturated carbocycles. The molecule has 6 heteroatoms. The highest BCUT2D eigenvalue weighted by molar-refractivity contribution is 7.15. The molecule has 4 aromatic rings. The third-order valence-corrected chi connectivity index (χ3v) is 8.46. The van der Waals surface area contributed by atoms with Gasteiger partial charge >= 0.3 is 0 Å². The van der Waals surface area contributed by atoms with Gasteiger partial charge < -0.3 is 4.98 Å². The summed E-state index contributed by atoms with van der Waals surface area (Å²) in [6.07, 6.45) is 10.3. The first-order valence-corrected chi connectivity index (χ1v) is 13.3. The van der Waals surface area contributed by atoms with Crippen LogP contribution < -0.4 is 5.56 Å². The van der Waals surface area contributed by atoms with Crippen molar-refractivity contribution in [3.8, 4) is 33.1 Å². The van der Waals surface area contributed by atoms with Crippen molar-refractivity contribution >= 4 is 11.3 Å². The van der Waals surface area contributed by atoms with Gasteiger partial charge in [-0.2, -0.15) is 5.10 Å². The third kappa shape index (κ3) is 4.64. The van der Waals surface area contributed by atoms with Gasteiger partial charge in [-0.25, -0.2) is 4.98 Å². The monoisotopic (exact) mass is 472 g/mol. The standard InChI is InChI=1S/C28H32N4OS/c1-3-5-18-6-8-19(9-7-18)20-10-12-21(13-11-20)24-16-23(25-15-14-22(4-2)34-25)26(28(33)31-24)27-29-17-30-32-27/h10-19H,3-9H2,1-2H3,(H,31,33)(H,29,30,32). The van der Waals surface area contributed by atoms with Crippen LogP contribution in [0, 0.1) is 5.92 Å². The fourth-order valence-corrected chi connectivity index (χ4v) is 6.28. The van der Waals surface area contributed by atoms with E-state index in [-0.39, 0.29) is 5.56 Å². The number of aromatic amines is 2. The van der Waals surface area contributed by atoms with Crippen LogP contribution in [-0.4, -0.2) is 20.2 Å². The molecule has 3 heterocycles. The van der Waals surface area contributed by atoms with Crippen molar-refractivity contribution in [2.24, 2.45) is 5.92 Å². The Kier molecular flexibility index (Phi) is 6.77. The number of H-pyrrole nitrogens is 2. The van der Waals surface area contributed by atoms with Gasteiger partial charge in [-0.05, 0) is 73.3 Å². The minimum atomic E-state index is -0.158. The number of nitrogens with zero attached hydrogens (tertiary/aromatic N) is 2. The smallest absolute Gasteiger partial charge is 0.260 e. The lowest BCUT2D eigenvalue weighted by atomic mass is 9.77. The summed E-state index contributed by atoms with van der Waals surface area (Å²) in [4.78, 5) is 23.0. The number of nitrogens with one attached hydrogen (secondary N) is 2. The molecule has 0 aliphatic heterocycles. The number of hydrogen-bond acceptors (Lipinski definition) is 4. The van der Waals surface area contributed by atoms with Gasteiger partial charge in [0, 0.05) is 21.0 Å². The summed E-state index contributed by atoms with van der Waals surface area (Å²) in [5.41, 5.74) is 4.54. The fourth-order valence-electron chi connectivity index (χ4n) is 5.31. The Bertz CT molecular complexity index is 1280. The van der Waals surface area contributed by atoms with Crippen molar-refractivity contribution in [2.75, 3.05) is 0 Å². The van der Waals surface area contributed by atoms with E-state index >= 15 is 0 Å². The molecule has 5 nitrogen and oxygen atoms in total. The van der Waals surface area contributed by atoms with E-state index in [2.05, 4.69) is 76.5 Å². The van der Waals surface area contributed by atoms with Gasteiger partial charge in [0.05, 0.1) is 5.56 Å². The van der Waals surface area contributed by atoms with Crippen molar-refractivity contribution in [3.05, 3.63) is 69.6 Å². The zero-order valence-corrected chi connectivity index (χ0v) is 20.8. The Morgan fingerprint density at radius 1 is 1.03 bits per heavy atom. The molecule has 1 aliphatic carbocycles. The van der Waals surface area contributed by atoms with Crippen LogP contribution >= 0.6 is 11.3 Å². The van der Waals surface area contributed by atoms with Gasteiger partial charge in [0.1, 0.15) is 6.33 Å². The van der Waals surface area contributed by atoms with Gasteiger partial charge in [0.15, 0.2) is 5.82 Å². The lowest BCUT2D eigenvalue weighted by Gasteiger charge is -2.28. The Morgan fingerprint density at radius 3 is 2.47 bits per heavy atom. The lowest BCUT2D eigenvalue weighted by molar-refractivity contribution is 0.308.